The molecule has 1 saturated heterocycles. The van der Waals surface area contributed by atoms with Crippen molar-refractivity contribution in [3.63, 3.8) is 0 Å². The van der Waals surface area contributed by atoms with Crippen LogP contribution in [0.15, 0.2) is 4.42 Å². The second kappa shape index (κ2) is 7.50. The number of carbonyl (C=O) groups excluding carboxylic acids is 1. The zero-order valence-corrected chi connectivity index (χ0v) is 14.1. The molecule has 6 nitrogen and oxygen atoms in total. The molecule has 1 amide bonds. The molecule has 1 aromatic heterocycles. The number of alkyl halides is 3. The summed E-state index contributed by atoms with van der Waals surface area (Å²) in [5.74, 6) is 0.0491. The Balaban J connectivity index is 2.02. The standard InChI is InChI=1S/C15H23F3N4O2/c1-4-21(9-15(16,17)18)14(23)12-6-5-7-22(8-12)10(2)13-20-19-11(3)24-13/h10,12H,4-9H2,1-3H3. The van der Waals surface area contributed by atoms with Crippen molar-refractivity contribution in [2.24, 2.45) is 5.92 Å². The third-order valence-electron chi connectivity index (χ3n) is 4.31. The van der Waals surface area contributed by atoms with Crippen LogP contribution in [0.3, 0.4) is 0 Å². The van der Waals surface area contributed by atoms with E-state index in [9.17, 15) is 18.0 Å². The molecule has 0 saturated carbocycles. The van der Waals surface area contributed by atoms with Gasteiger partial charge in [-0.05, 0) is 33.2 Å². The zero-order valence-electron chi connectivity index (χ0n) is 14.1. The highest BCUT2D eigenvalue weighted by Gasteiger charge is 2.37. The molecule has 1 fully saturated rings. The van der Waals surface area contributed by atoms with E-state index in [0.717, 1.165) is 17.9 Å². The summed E-state index contributed by atoms with van der Waals surface area (Å²) in [4.78, 5) is 15.4. The summed E-state index contributed by atoms with van der Waals surface area (Å²) < 4.78 is 43.3. The molecule has 136 valence electrons. The molecular formula is C15H23F3N4O2. The molecule has 0 aromatic carbocycles. The van der Waals surface area contributed by atoms with Crippen LogP contribution >= 0.6 is 0 Å². The van der Waals surface area contributed by atoms with Crippen LogP contribution in [-0.4, -0.2) is 58.3 Å². The highest BCUT2D eigenvalue weighted by atomic mass is 19.4. The number of piperidine rings is 1. The van der Waals surface area contributed by atoms with Crippen molar-refractivity contribution in [1.82, 2.24) is 20.0 Å². The number of amides is 1. The van der Waals surface area contributed by atoms with Gasteiger partial charge in [-0.1, -0.05) is 0 Å². The SMILES string of the molecule is CCN(CC(F)(F)F)C(=O)C1CCCN(C(C)c2nnc(C)o2)C1. The van der Waals surface area contributed by atoms with E-state index in [4.69, 9.17) is 4.42 Å². The maximum absolute atomic E-state index is 12.6. The molecule has 2 heterocycles. The normalized spacial score (nSPS) is 20.8. The van der Waals surface area contributed by atoms with Gasteiger partial charge in [0.15, 0.2) is 0 Å². The van der Waals surface area contributed by atoms with E-state index in [1.54, 1.807) is 13.8 Å². The fourth-order valence-electron chi connectivity index (χ4n) is 3.02. The van der Waals surface area contributed by atoms with Crippen LogP contribution < -0.4 is 0 Å². The number of likely N-dealkylation sites (tertiary alicyclic amines) is 1. The minimum atomic E-state index is -4.38. The van der Waals surface area contributed by atoms with Crippen LogP contribution in [-0.2, 0) is 4.79 Å². The zero-order chi connectivity index (χ0) is 17.9. The molecule has 2 atom stereocenters. The lowest BCUT2D eigenvalue weighted by molar-refractivity contribution is -0.164. The monoisotopic (exact) mass is 348 g/mol. The Kier molecular flexibility index (Phi) is 5.84. The van der Waals surface area contributed by atoms with E-state index >= 15 is 0 Å². The van der Waals surface area contributed by atoms with Crippen LogP contribution in [0.25, 0.3) is 0 Å². The molecule has 1 aliphatic heterocycles. The molecule has 1 aromatic rings. The molecule has 0 bridgehead atoms. The molecule has 0 radical (unpaired) electrons. The number of carbonyl (C=O) groups is 1. The number of hydrogen-bond acceptors (Lipinski definition) is 5. The van der Waals surface area contributed by atoms with Crippen LogP contribution in [0, 0.1) is 12.8 Å². The smallest absolute Gasteiger partial charge is 0.406 e. The third-order valence-corrected chi connectivity index (χ3v) is 4.31. The van der Waals surface area contributed by atoms with Gasteiger partial charge >= 0.3 is 6.18 Å². The lowest BCUT2D eigenvalue weighted by Crippen LogP contribution is -2.47. The summed E-state index contributed by atoms with van der Waals surface area (Å²) in [7, 11) is 0. The molecule has 24 heavy (non-hydrogen) atoms. The lowest BCUT2D eigenvalue weighted by atomic mass is 9.95. The van der Waals surface area contributed by atoms with Crippen molar-refractivity contribution < 1.29 is 22.4 Å². The maximum Gasteiger partial charge on any atom is 0.406 e. The van der Waals surface area contributed by atoms with Crippen LogP contribution in [0.2, 0.25) is 0 Å². The first-order chi connectivity index (χ1) is 11.2. The van der Waals surface area contributed by atoms with Gasteiger partial charge in [-0.2, -0.15) is 13.2 Å². The van der Waals surface area contributed by atoms with Crippen molar-refractivity contribution in [1.29, 1.82) is 0 Å². The Hall–Kier alpha value is -1.64. The molecule has 9 heteroatoms. The van der Waals surface area contributed by atoms with Crippen molar-refractivity contribution in [2.45, 2.75) is 45.8 Å². The Morgan fingerprint density at radius 2 is 2.17 bits per heavy atom. The van der Waals surface area contributed by atoms with Crippen molar-refractivity contribution in [2.75, 3.05) is 26.2 Å². The van der Waals surface area contributed by atoms with Gasteiger partial charge in [0, 0.05) is 20.0 Å². The minimum absolute atomic E-state index is 0.0489. The number of aromatic nitrogens is 2. The van der Waals surface area contributed by atoms with Crippen molar-refractivity contribution in [3.05, 3.63) is 11.8 Å². The Morgan fingerprint density at radius 1 is 1.46 bits per heavy atom. The summed E-state index contributed by atoms with van der Waals surface area (Å²) in [5.41, 5.74) is 0. The van der Waals surface area contributed by atoms with Gasteiger partial charge < -0.3 is 9.32 Å². The van der Waals surface area contributed by atoms with Crippen molar-refractivity contribution >= 4 is 5.91 Å². The largest absolute Gasteiger partial charge is 0.424 e. The molecular weight excluding hydrogens is 325 g/mol. The van der Waals surface area contributed by atoms with Gasteiger partial charge in [0.25, 0.3) is 0 Å². The summed E-state index contributed by atoms with van der Waals surface area (Å²) in [6, 6.07) is -0.167. The van der Waals surface area contributed by atoms with Crippen LogP contribution in [0.4, 0.5) is 13.2 Å². The average molecular weight is 348 g/mol. The third kappa shape index (κ3) is 4.68. The number of hydrogen-bond donors (Lipinski definition) is 0. The molecule has 0 N–H and O–H groups in total. The fraction of sp³-hybridized carbons (Fsp3) is 0.800. The topological polar surface area (TPSA) is 62.5 Å². The van der Waals surface area contributed by atoms with E-state index in [2.05, 4.69) is 10.2 Å². The van der Waals surface area contributed by atoms with E-state index in [1.807, 2.05) is 11.8 Å². The Bertz CT molecular complexity index is 561. The first-order valence-electron chi connectivity index (χ1n) is 8.11. The number of rotatable bonds is 5. The molecule has 2 unspecified atom stereocenters. The molecule has 1 aliphatic rings. The second-order valence-corrected chi connectivity index (χ2v) is 6.14. The average Bonchev–Trinajstić information content (AvgIpc) is 2.97. The quantitative estimate of drug-likeness (QED) is 0.818. The summed E-state index contributed by atoms with van der Waals surface area (Å²) in [5, 5.41) is 7.78. The van der Waals surface area contributed by atoms with Gasteiger partial charge in [0.05, 0.1) is 12.0 Å². The van der Waals surface area contributed by atoms with Gasteiger partial charge in [0.1, 0.15) is 6.54 Å². The molecule has 0 spiro atoms. The van der Waals surface area contributed by atoms with E-state index in [1.165, 1.54) is 0 Å². The van der Waals surface area contributed by atoms with E-state index in [-0.39, 0.29) is 12.6 Å². The number of nitrogens with zero attached hydrogens (tertiary/aromatic N) is 4. The fourth-order valence-corrected chi connectivity index (χ4v) is 3.02. The predicted molar refractivity (Wildman–Crippen MR) is 80.1 cm³/mol. The van der Waals surface area contributed by atoms with E-state index in [0.29, 0.717) is 24.7 Å². The maximum atomic E-state index is 12.6. The van der Waals surface area contributed by atoms with E-state index < -0.39 is 24.5 Å². The minimum Gasteiger partial charge on any atom is -0.424 e. The Labute approximate surface area is 139 Å². The Morgan fingerprint density at radius 3 is 2.71 bits per heavy atom. The van der Waals surface area contributed by atoms with Crippen LogP contribution in [0.1, 0.15) is 44.5 Å². The van der Waals surface area contributed by atoms with Gasteiger partial charge in [0.2, 0.25) is 17.7 Å². The summed E-state index contributed by atoms with van der Waals surface area (Å²) in [6.45, 7) is 5.15. The van der Waals surface area contributed by atoms with Gasteiger partial charge in [-0.25, -0.2) is 0 Å². The first kappa shape index (κ1) is 18.7. The van der Waals surface area contributed by atoms with Crippen LogP contribution in [0.5, 0.6) is 0 Å². The lowest BCUT2D eigenvalue weighted by Gasteiger charge is -2.36. The molecule has 0 aliphatic carbocycles. The highest BCUT2D eigenvalue weighted by molar-refractivity contribution is 5.79. The predicted octanol–water partition coefficient (Wildman–Crippen LogP) is 2.56. The second-order valence-electron chi connectivity index (χ2n) is 6.14. The first-order valence-corrected chi connectivity index (χ1v) is 8.11. The molecule has 2 rings (SSSR count). The van der Waals surface area contributed by atoms with Gasteiger partial charge in [-0.3, -0.25) is 9.69 Å². The number of aryl methyl sites for hydroxylation is 1. The highest BCUT2D eigenvalue weighted by Crippen LogP contribution is 2.28. The summed E-state index contributed by atoms with van der Waals surface area (Å²) in [6.07, 6.45) is -3.04. The summed E-state index contributed by atoms with van der Waals surface area (Å²) >= 11 is 0. The van der Waals surface area contributed by atoms with Crippen molar-refractivity contribution in [3.8, 4) is 0 Å². The van der Waals surface area contributed by atoms with Gasteiger partial charge in [-0.15, -0.1) is 10.2 Å². The number of halogens is 3.